The average molecular weight is 442 g/mol. The number of fused-ring (bicyclic) bond motifs is 1. The number of β-amino-alcohol motifs (C(OH)–C–C–N with tert-alkyl or cyclic N) is 1. The molecule has 0 spiro atoms. The first-order valence-electron chi connectivity index (χ1n) is 10.9. The maximum absolute atomic E-state index is 14.0. The number of nitrogens with zero attached hydrogens (tertiary/aromatic N) is 3. The number of hydrogen-bond acceptors (Lipinski definition) is 5. The molecule has 33 heavy (non-hydrogen) atoms. The highest BCUT2D eigenvalue weighted by atomic mass is 19.1. The van der Waals surface area contributed by atoms with Crippen molar-refractivity contribution in [3.8, 4) is 0 Å². The van der Waals surface area contributed by atoms with Crippen LogP contribution in [-0.2, 0) is 12.0 Å². The number of halogens is 1. The molecular formula is C26H24FN5O. The molecule has 4 aromatic rings. The Labute approximate surface area is 191 Å². The van der Waals surface area contributed by atoms with Crippen LogP contribution in [0.15, 0.2) is 79.1 Å². The van der Waals surface area contributed by atoms with Gasteiger partial charge in [-0.15, -0.1) is 0 Å². The van der Waals surface area contributed by atoms with E-state index in [2.05, 4.69) is 39.6 Å². The minimum Gasteiger partial charge on any atom is -0.385 e. The number of benzene rings is 2. The highest BCUT2D eigenvalue weighted by molar-refractivity contribution is 5.97. The molecule has 1 saturated heterocycles. The molecule has 3 N–H and O–H groups in total. The minimum absolute atomic E-state index is 0.0370. The topological polar surface area (TPSA) is 85.1 Å². The fourth-order valence-corrected chi connectivity index (χ4v) is 4.26. The molecule has 0 unspecified atom stereocenters. The third-order valence-electron chi connectivity index (χ3n) is 6.02. The van der Waals surface area contributed by atoms with Gasteiger partial charge in [-0.3, -0.25) is 15.4 Å². The van der Waals surface area contributed by atoms with Gasteiger partial charge in [-0.1, -0.05) is 24.3 Å². The van der Waals surface area contributed by atoms with Crippen LogP contribution in [0.1, 0.15) is 16.8 Å². The molecule has 1 aliphatic heterocycles. The summed E-state index contributed by atoms with van der Waals surface area (Å²) in [5, 5.41) is 23.7. The van der Waals surface area contributed by atoms with Gasteiger partial charge in [0.25, 0.3) is 0 Å². The molecule has 1 fully saturated rings. The van der Waals surface area contributed by atoms with Crippen LogP contribution in [-0.4, -0.2) is 45.4 Å². The molecule has 2 aromatic heterocycles. The van der Waals surface area contributed by atoms with Crippen LogP contribution >= 0.6 is 0 Å². The zero-order chi connectivity index (χ0) is 22.8. The number of aromatic nitrogens is 2. The van der Waals surface area contributed by atoms with Gasteiger partial charge in [-0.2, -0.15) is 0 Å². The quantitative estimate of drug-likeness (QED) is 0.312. The second-order valence-corrected chi connectivity index (χ2v) is 8.32. The molecule has 0 radical (unpaired) electrons. The Hall–Kier alpha value is -3.84. The Morgan fingerprint density at radius 3 is 2.52 bits per heavy atom. The number of rotatable bonds is 6. The van der Waals surface area contributed by atoms with Crippen molar-refractivity contribution < 1.29 is 9.50 Å². The number of para-hydroxylation sites is 1. The fraction of sp³-hybridized carbons (Fsp3) is 0.192. The monoisotopic (exact) mass is 441 g/mol. The Bertz CT molecular complexity index is 1300. The van der Waals surface area contributed by atoms with Gasteiger partial charge in [0.1, 0.15) is 22.9 Å². The number of aliphatic hydroxyl groups is 1. The zero-order valence-electron chi connectivity index (χ0n) is 18.0. The smallest absolute Gasteiger partial charge is 0.147 e. The number of pyridine rings is 2. The minimum atomic E-state index is -1.37. The van der Waals surface area contributed by atoms with Crippen molar-refractivity contribution in [2.24, 2.45) is 0 Å². The first kappa shape index (κ1) is 21.0. The fourth-order valence-electron chi connectivity index (χ4n) is 4.26. The number of amidine groups is 1. The van der Waals surface area contributed by atoms with Gasteiger partial charge in [0.05, 0.1) is 18.6 Å². The summed E-state index contributed by atoms with van der Waals surface area (Å²) in [6.45, 7) is 1.04. The average Bonchev–Trinajstić information content (AvgIpc) is 2.82. The van der Waals surface area contributed by atoms with Gasteiger partial charge in [0.15, 0.2) is 0 Å². The van der Waals surface area contributed by atoms with Gasteiger partial charge < -0.3 is 15.3 Å². The number of anilines is 1. The molecule has 0 saturated carbocycles. The third-order valence-corrected chi connectivity index (χ3v) is 6.02. The van der Waals surface area contributed by atoms with Gasteiger partial charge in [0.2, 0.25) is 0 Å². The summed E-state index contributed by atoms with van der Waals surface area (Å²) < 4.78 is 14.0. The standard InChI is InChI=1S/C26H24FN5O/c27-22-7-3-14-31-24(22)26(33)16-32(17-26)25(28)20-8-10-21(11-9-20)29-15-12-19-5-1-4-18-6-2-13-30-23(18)19/h1-11,13-14,28-29,33H,12,15-17H2. The van der Waals surface area contributed by atoms with E-state index in [1.54, 1.807) is 4.90 Å². The van der Waals surface area contributed by atoms with Crippen molar-refractivity contribution in [2.75, 3.05) is 25.0 Å². The van der Waals surface area contributed by atoms with Crippen LogP contribution in [0.3, 0.4) is 0 Å². The Morgan fingerprint density at radius 2 is 1.73 bits per heavy atom. The molecule has 0 bridgehead atoms. The molecule has 7 heteroatoms. The maximum Gasteiger partial charge on any atom is 0.147 e. The SMILES string of the molecule is N=C(c1ccc(NCCc2cccc3cccnc23)cc1)N1CC(O)(c2ncccc2F)C1. The van der Waals surface area contributed by atoms with Crippen LogP contribution < -0.4 is 5.32 Å². The van der Waals surface area contributed by atoms with Crippen molar-refractivity contribution in [1.82, 2.24) is 14.9 Å². The van der Waals surface area contributed by atoms with Gasteiger partial charge in [0, 0.05) is 35.6 Å². The summed E-state index contributed by atoms with van der Waals surface area (Å²) in [7, 11) is 0. The Kier molecular flexibility index (Phi) is 5.48. The molecule has 0 amide bonds. The number of hydrogen-bond donors (Lipinski definition) is 3. The predicted molar refractivity (Wildman–Crippen MR) is 127 cm³/mol. The predicted octanol–water partition coefficient (Wildman–Crippen LogP) is 3.95. The van der Waals surface area contributed by atoms with E-state index in [0.717, 1.165) is 35.1 Å². The molecule has 2 aromatic carbocycles. The Balaban J connectivity index is 1.17. The molecule has 166 valence electrons. The van der Waals surface area contributed by atoms with Crippen molar-refractivity contribution in [3.63, 3.8) is 0 Å². The lowest BCUT2D eigenvalue weighted by Crippen LogP contribution is -2.61. The largest absolute Gasteiger partial charge is 0.385 e. The van der Waals surface area contributed by atoms with E-state index in [9.17, 15) is 9.50 Å². The summed E-state index contributed by atoms with van der Waals surface area (Å²) in [6, 6.07) is 20.7. The summed E-state index contributed by atoms with van der Waals surface area (Å²) in [5.41, 5.74) is 2.61. The van der Waals surface area contributed by atoms with Gasteiger partial charge in [-0.05, 0) is 54.4 Å². The molecule has 0 aliphatic carbocycles. The highest BCUT2D eigenvalue weighted by Gasteiger charge is 2.46. The molecule has 3 heterocycles. The van der Waals surface area contributed by atoms with E-state index in [-0.39, 0.29) is 18.8 Å². The summed E-state index contributed by atoms with van der Waals surface area (Å²) >= 11 is 0. The number of nitrogens with one attached hydrogen (secondary N) is 2. The molecular weight excluding hydrogens is 417 g/mol. The van der Waals surface area contributed by atoms with Crippen LogP contribution in [0.2, 0.25) is 0 Å². The van der Waals surface area contributed by atoms with Crippen LogP contribution in [0.5, 0.6) is 0 Å². The van der Waals surface area contributed by atoms with Crippen molar-refractivity contribution in [1.29, 1.82) is 5.41 Å². The molecule has 6 nitrogen and oxygen atoms in total. The molecule has 1 aliphatic rings. The second-order valence-electron chi connectivity index (χ2n) is 8.32. The van der Waals surface area contributed by atoms with Crippen molar-refractivity contribution >= 4 is 22.4 Å². The molecule has 0 atom stereocenters. The van der Waals surface area contributed by atoms with Crippen LogP contribution in [0, 0.1) is 11.2 Å². The highest BCUT2D eigenvalue weighted by Crippen LogP contribution is 2.33. The van der Waals surface area contributed by atoms with E-state index in [0.29, 0.717) is 5.84 Å². The summed E-state index contributed by atoms with van der Waals surface area (Å²) in [5.74, 6) is -0.231. The van der Waals surface area contributed by atoms with E-state index >= 15 is 0 Å². The van der Waals surface area contributed by atoms with E-state index in [4.69, 9.17) is 5.41 Å². The Morgan fingerprint density at radius 1 is 1.00 bits per heavy atom. The van der Waals surface area contributed by atoms with E-state index in [1.807, 2.05) is 36.5 Å². The lowest BCUT2D eigenvalue weighted by Gasteiger charge is -2.47. The van der Waals surface area contributed by atoms with Crippen molar-refractivity contribution in [2.45, 2.75) is 12.0 Å². The lowest BCUT2D eigenvalue weighted by molar-refractivity contribution is -0.0776. The van der Waals surface area contributed by atoms with E-state index < -0.39 is 11.4 Å². The number of likely N-dealkylation sites (tertiary alicyclic amines) is 1. The van der Waals surface area contributed by atoms with Crippen molar-refractivity contribution in [3.05, 3.63) is 102 Å². The maximum atomic E-state index is 14.0. The summed E-state index contributed by atoms with van der Waals surface area (Å²) in [4.78, 5) is 10.2. The normalized spacial score (nSPS) is 14.7. The first-order valence-corrected chi connectivity index (χ1v) is 10.9. The third kappa shape index (κ3) is 4.15. The second kappa shape index (κ2) is 8.60. The van der Waals surface area contributed by atoms with E-state index in [1.165, 1.54) is 23.9 Å². The van der Waals surface area contributed by atoms with Gasteiger partial charge >= 0.3 is 0 Å². The summed E-state index contributed by atoms with van der Waals surface area (Å²) in [6.07, 6.45) is 4.13. The van der Waals surface area contributed by atoms with Crippen LogP contribution in [0.4, 0.5) is 10.1 Å². The first-order chi connectivity index (χ1) is 16.0. The lowest BCUT2D eigenvalue weighted by atomic mass is 9.88. The van der Waals surface area contributed by atoms with Gasteiger partial charge in [-0.25, -0.2) is 4.39 Å². The van der Waals surface area contributed by atoms with Crippen LogP contribution in [0.25, 0.3) is 10.9 Å². The zero-order valence-corrected chi connectivity index (χ0v) is 18.0. The molecule has 5 rings (SSSR count).